The van der Waals surface area contributed by atoms with E-state index in [1.165, 1.54) is 0 Å². The molecule has 2 rings (SSSR count). The van der Waals surface area contributed by atoms with E-state index in [2.05, 4.69) is 11.4 Å². The molecule has 1 atom stereocenters. The van der Waals surface area contributed by atoms with Gasteiger partial charge in [-0.1, -0.05) is 0 Å². The van der Waals surface area contributed by atoms with Crippen molar-refractivity contribution in [2.75, 3.05) is 21.0 Å². The lowest BCUT2D eigenvalue weighted by atomic mass is 10.1. The molecule has 1 N–H and O–H groups in total. The first-order valence-electron chi connectivity index (χ1n) is 4.84. The van der Waals surface area contributed by atoms with Crippen molar-refractivity contribution >= 4 is 0 Å². The van der Waals surface area contributed by atoms with Gasteiger partial charge in [-0.25, -0.2) is 0 Å². The van der Waals surface area contributed by atoms with E-state index in [9.17, 15) is 0 Å². The third-order valence-electron chi connectivity index (χ3n) is 2.43. The van der Waals surface area contributed by atoms with E-state index >= 15 is 0 Å². The van der Waals surface area contributed by atoms with Gasteiger partial charge >= 0.3 is 0 Å². The highest BCUT2D eigenvalue weighted by atomic mass is 16.7. The number of hydrogen-bond acceptors (Lipinski definition) is 5. The fourth-order valence-electron chi connectivity index (χ4n) is 1.62. The van der Waals surface area contributed by atoms with E-state index in [-0.39, 0.29) is 12.8 Å². The molecule has 0 spiro atoms. The molecule has 0 aliphatic carbocycles. The number of nitriles is 1. The monoisotopic (exact) mass is 220 g/mol. The van der Waals surface area contributed by atoms with Crippen LogP contribution in [0.2, 0.25) is 0 Å². The van der Waals surface area contributed by atoms with Gasteiger partial charge in [-0.2, -0.15) is 5.26 Å². The van der Waals surface area contributed by atoms with E-state index in [1.54, 1.807) is 26.3 Å². The maximum absolute atomic E-state index is 8.97. The van der Waals surface area contributed by atoms with Crippen molar-refractivity contribution in [2.45, 2.75) is 6.04 Å². The molecule has 1 heterocycles. The van der Waals surface area contributed by atoms with E-state index in [4.69, 9.17) is 19.5 Å². The average Bonchev–Trinajstić information content (AvgIpc) is 2.77. The van der Waals surface area contributed by atoms with Gasteiger partial charge in [0.1, 0.15) is 6.04 Å². The number of methoxy groups -OCH3 is 1. The molecule has 5 heteroatoms. The Morgan fingerprint density at radius 3 is 2.94 bits per heavy atom. The average molecular weight is 220 g/mol. The Morgan fingerprint density at radius 2 is 2.31 bits per heavy atom. The molecule has 0 saturated carbocycles. The van der Waals surface area contributed by atoms with Gasteiger partial charge in [-0.15, -0.1) is 0 Å². The third-order valence-corrected chi connectivity index (χ3v) is 2.43. The predicted octanol–water partition coefficient (Wildman–Crippen LogP) is 1.21. The van der Waals surface area contributed by atoms with Crippen molar-refractivity contribution in [3.63, 3.8) is 0 Å². The fraction of sp³-hybridized carbons (Fsp3) is 0.364. The maximum Gasteiger partial charge on any atom is 0.231 e. The van der Waals surface area contributed by atoms with Crippen LogP contribution in [-0.4, -0.2) is 21.0 Å². The van der Waals surface area contributed by atoms with Gasteiger partial charge in [0.15, 0.2) is 11.5 Å². The molecule has 0 amide bonds. The molecule has 0 radical (unpaired) electrons. The second kappa shape index (κ2) is 4.29. The lowest BCUT2D eigenvalue weighted by molar-refractivity contribution is 0.171. The van der Waals surface area contributed by atoms with Crippen LogP contribution in [-0.2, 0) is 0 Å². The molecule has 1 aromatic rings. The zero-order valence-corrected chi connectivity index (χ0v) is 9.11. The predicted molar refractivity (Wildman–Crippen MR) is 56.5 cm³/mol. The van der Waals surface area contributed by atoms with Gasteiger partial charge in [0.05, 0.1) is 13.2 Å². The summed E-state index contributed by atoms with van der Waals surface area (Å²) in [6.45, 7) is 0.186. The van der Waals surface area contributed by atoms with E-state index in [1.807, 2.05) is 0 Å². The van der Waals surface area contributed by atoms with Crippen molar-refractivity contribution in [1.82, 2.24) is 5.32 Å². The van der Waals surface area contributed by atoms with Gasteiger partial charge in [-0.3, -0.25) is 0 Å². The second-order valence-electron chi connectivity index (χ2n) is 3.31. The third kappa shape index (κ3) is 1.64. The molecule has 5 nitrogen and oxygen atoms in total. The molecule has 1 unspecified atom stereocenters. The fourth-order valence-corrected chi connectivity index (χ4v) is 1.62. The second-order valence-corrected chi connectivity index (χ2v) is 3.31. The Balaban J connectivity index is 2.46. The van der Waals surface area contributed by atoms with Gasteiger partial charge in [0.25, 0.3) is 0 Å². The molecule has 1 aliphatic rings. The minimum absolute atomic E-state index is 0.186. The molecule has 0 bridgehead atoms. The van der Waals surface area contributed by atoms with E-state index in [0.29, 0.717) is 17.2 Å². The summed E-state index contributed by atoms with van der Waals surface area (Å²) in [4.78, 5) is 0. The van der Waals surface area contributed by atoms with Gasteiger partial charge in [0.2, 0.25) is 12.5 Å². The topological polar surface area (TPSA) is 63.5 Å². The van der Waals surface area contributed by atoms with E-state index in [0.717, 1.165) is 5.56 Å². The van der Waals surface area contributed by atoms with Gasteiger partial charge in [-0.05, 0) is 24.7 Å². The zero-order valence-electron chi connectivity index (χ0n) is 9.11. The summed E-state index contributed by atoms with van der Waals surface area (Å²) in [6, 6.07) is 5.32. The Hall–Kier alpha value is -1.93. The Labute approximate surface area is 93.5 Å². The number of nitrogens with zero attached hydrogens (tertiary/aromatic N) is 1. The molecule has 84 valence electrons. The van der Waals surface area contributed by atoms with Crippen LogP contribution in [0.3, 0.4) is 0 Å². The Kier molecular flexibility index (Phi) is 2.84. The van der Waals surface area contributed by atoms with Crippen LogP contribution in [0.15, 0.2) is 12.1 Å². The van der Waals surface area contributed by atoms with Crippen molar-refractivity contribution < 1.29 is 14.2 Å². The normalized spacial score (nSPS) is 14.3. The summed E-state index contributed by atoms with van der Waals surface area (Å²) < 4.78 is 15.7. The zero-order chi connectivity index (χ0) is 11.5. The lowest BCUT2D eigenvalue weighted by Gasteiger charge is -2.11. The van der Waals surface area contributed by atoms with Crippen LogP contribution in [0, 0.1) is 11.3 Å². The first-order chi connectivity index (χ1) is 7.80. The van der Waals surface area contributed by atoms with Crippen LogP contribution in [0.1, 0.15) is 11.6 Å². The lowest BCUT2D eigenvalue weighted by Crippen LogP contribution is -2.14. The minimum Gasteiger partial charge on any atom is -0.493 e. The summed E-state index contributed by atoms with van der Waals surface area (Å²) in [7, 11) is 3.28. The quantitative estimate of drug-likeness (QED) is 0.829. The highest BCUT2D eigenvalue weighted by molar-refractivity contribution is 5.56. The summed E-state index contributed by atoms with van der Waals surface area (Å²) in [5.41, 5.74) is 0.797. The molecular weight excluding hydrogens is 208 g/mol. The number of hydrogen-bond donors (Lipinski definition) is 1. The number of fused-ring (bicyclic) bond motifs is 1. The van der Waals surface area contributed by atoms with Crippen LogP contribution in [0.4, 0.5) is 0 Å². The van der Waals surface area contributed by atoms with E-state index < -0.39 is 0 Å². The number of rotatable bonds is 3. The maximum atomic E-state index is 8.97. The molecule has 1 aliphatic heterocycles. The molecule has 16 heavy (non-hydrogen) atoms. The summed E-state index contributed by atoms with van der Waals surface area (Å²) >= 11 is 0. The number of benzene rings is 1. The summed E-state index contributed by atoms with van der Waals surface area (Å²) in [6.07, 6.45) is 0. The SMILES string of the molecule is CNC(C#N)c1cc(OC)c2c(c1)OCO2. The summed E-state index contributed by atoms with van der Waals surface area (Å²) in [5, 5.41) is 11.9. The Bertz CT molecular complexity index is 440. The minimum atomic E-state index is -0.386. The first kappa shape index (κ1) is 10.6. The first-order valence-corrected chi connectivity index (χ1v) is 4.84. The highest BCUT2D eigenvalue weighted by Gasteiger charge is 2.22. The standard InChI is InChI=1S/C11H12N2O3/c1-13-8(5-12)7-3-9(14-2)11-10(4-7)15-6-16-11/h3-4,8,13H,6H2,1-2H3. The molecular formula is C11H12N2O3. The van der Waals surface area contributed by atoms with Crippen LogP contribution < -0.4 is 19.5 Å². The number of ether oxygens (including phenoxy) is 3. The van der Waals surface area contributed by atoms with Crippen molar-refractivity contribution in [2.24, 2.45) is 0 Å². The Morgan fingerprint density at radius 1 is 1.50 bits per heavy atom. The van der Waals surface area contributed by atoms with Crippen molar-refractivity contribution in [3.8, 4) is 23.3 Å². The molecule has 0 saturated heterocycles. The van der Waals surface area contributed by atoms with Crippen LogP contribution in [0.5, 0.6) is 17.2 Å². The van der Waals surface area contributed by atoms with Crippen molar-refractivity contribution in [3.05, 3.63) is 17.7 Å². The van der Waals surface area contributed by atoms with Gasteiger partial charge < -0.3 is 19.5 Å². The van der Waals surface area contributed by atoms with Gasteiger partial charge in [0, 0.05) is 0 Å². The number of nitrogens with one attached hydrogen (secondary N) is 1. The van der Waals surface area contributed by atoms with Crippen LogP contribution >= 0.6 is 0 Å². The largest absolute Gasteiger partial charge is 0.493 e. The van der Waals surface area contributed by atoms with Crippen LogP contribution in [0.25, 0.3) is 0 Å². The smallest absolute Gasteiger partial charge is 0.231 e. The molecule has 1 aromatic carbocycles. The molecule has 0 aromatic heterocycles. The summed E-state index contributed by atoms with van der Waals surface area (Å²) in [5.74, 6) is 1.80. The van der Waals surface area contributed by atoms with Crippen molar-refractivity contribution in [1.29, 1.82) is 5.26 Å². The highest BCUT2D eigenvalue weighted by Crippen LogP contribution is 2.42. The molecule has 0 fully saturated rings.